The predicted molar refractivity (Wildman–Crippen MR) is 64.1 cm³/mol. The van der Waals surface area contributed by atoms with Crippen molar-refractivity contribution in [2.24, 2.45) is 0 Å². The maximum atomic E-state index is 5.66. The second-order valence-corrected chi connectivity index (χ2v) is 4.49. The fraction of sp³-hybridized carbons (Fsp3) is 0.538. The van der Waals surface area contributed by atoms with Gasteiger partial charge in [0.05, 0.1) is 7.11 Å². The molecule has 0 amide bonds. The number of rotatable bonds is 6. The molecule has 16 heavy (non-hydrogen) atoms. The van der Waals surface area contributed by atoms with Crippen molar-refractivity contribution in [3.63, 3.8) is 0 Å². The summed E-state index contributed by atoms with van der Waals surface area (Å²) in [4.78, 5) is 0. The summed E-state index contributed by atoms with van der Waals surface area (Å²) in [7, 11) is 1.66. The van der Waals surface area contributed by atoms with E-state index in [1.54, 1.807) is 7.11 Å². The summed E-state index contributed by atoms with van der Waals surface area (Å²) in [5.74, 6) is 1.60. The van der Waals surface area contributed by atoms with Gasteiger partial charge < -0.3 is 14.8 Å². The third kappa shape index (κ3) is 2.89. The molecule has 0 aromatic heterocycles. The molecule has 0 unspecified atom stereocenters. The lowest BCUT2D eigenvalue weighted by Crippen LogP contribution is -2.31. The smallest absolute Gasteiger partial charge is 0.161 e. The molecular formula is C13H19NO2. The van der Waals surface area contributed by atoms with Crippen molar-refractivity contribution in [1.82, 2.24) is 5.32 Å². The monoisotopic (exact) mass is 221 g/mol. The van der Waals surface area contributed by atoms with Crippen molar-refractivity contribution in [1.29, 1.82) is 0 Å². The van der Waals surface area contributed by atoms with E-state index in [9.17, 15) is 0 Å². The Morgan fingerprint density at radius 3 is 2.56 bits per heavy atom. The highest BCUT2D eigenvalue weighted by molar-refractivity contribution is 5.39. The Balaban J connectivity index is 1.75. The van der Waals surface area contributed by atoms with Gasteiger partial charge in [0, 0.05) is 12.1 Å². The SMILES string of the molecule is COc1ccccc1OCCNC1(C)CC1. The van der Waals surface area contributed by atoms with E-state index in [1.165, 1.54) is 12.8 Å². The molecule has 0 spiro atoms. The average molecular weight is 221 g/mol. The number of nitrogens with one attached hydrogen (secondary N) is 1. The van der Waals surface area contributed by atoms with Crippen LogP contribution in [0.5, 0.6) is 11.5 Å². The minimum absolute atomic E-state index is 0.379. The number of hydrogen-bond acceptors (Lipinski definition) is 3. The zero-order valence-electron chi connectivity index (χ0n) is 9.95. The van der Waals surface area contributed by atoms with Crippen LogP contribution in [0.4, 0.5) is 0 Å². The summed E-state index contributed by atoms with van der Waals surface area (Å²) in [6, 6.07) is 7.73. The van der Waals surface area contributed by atoms with E-state index in [2.05, 4.69) is 12.2 Å². The molecular weight excluding hydrogens is 202 g/mol. The van der Waals surface area contributed by atoms with Crippen molar-refractivity contribution in [3.05, 3.63) is 24.3 Å². The molecule has 1 fully saturated rings. The minimum Gasteiger partial charge on any atom is -0.493 e. The zero-order chi connectivity index (χ0) is 11.4. The van der Waals surface area contributed by atoms with Gasteiger partial charge in [0.2, 0.25) is 0 Å². The first-order chi connectivity index (χ1) is 7.73. The molecule has 3 heteroatoms. The molecule has 2 rings (SSSR count). The van der Waals surface area contributed by atoms with Crippen molar-refractivity contribution >= 4 is 0 Å². The molecule has 1 aromatic rings. The van der Waals surface area contributed by atoms with Gasteiger partial charge in [-0.3, -0.25) is 0 Å². The quantitative estimate of drug-likeness (QED) is 0.747. The summed E-state index contributed by atoms with van der Waals surface area (Å²) >= 11 is 0. The lowest BCUT2D eigenvalue weighted by Gasteiger charge is -2.13. The first-order valence-electron chi connectivity index (χ1n) is 5.74. The van der Waals surface area contributed by atoms with Crippen LogP contribution in [0.2, 0.25) is 0 Å². The third-order valence-electron chi connectivity index (χ3n) is 2.98. The van der Waals surface area contributed by atoms with Gasteiger partial charge in [-0.2, -0.15) is 0 Å². The van der Waals surface area contributed by atoms with Crippen LogP contribution in [-0.4, -0.2) is 25.8 Å². The van der Waals surface area contributed by atoms with E-state index in [0.717, 1.165) is 18.0 Å². The molecule has 88 valence electrons. The van der Waals surface area contributed by atoms with Gasteiger partial charge >= 0.3 is 0 Å². The van der Waals surface area contributed by atoms with E-state index in [-0.39, 0.29) is 0 Å². The largest absolute Gasteiger partial charge is 0.493 e. The average Bonchev–Trinajstić information content (AvgIpc) is 3.04. The molecule has 0 aliphatic heterocycles. The number of para-hydroxylation sites is 2. The first kappa shape index (κ1) is 11.3. The lowest BCUT2D eigenvalue weighted by atomic mass is 10.3. The summed E-state index contributed by atoms with van der Waals surface area (Å²) in [5.41, 5.74) is 0.379. The standard InChI is InChI=1S/C13H19NO2/c1-13(7-8-13)14-9-10-16-12-6-4-3-5-11(12)15-2/h3-6,14H,7-10H2,1-2H3. The second-order valence-electron chi connectivity index (χ2n) is 4.49. The molecule has 0 saturated heterocycles. The summed E-state index contributed by atoms with van der Waals surface area (Å²) in [6.07, 6.45) is 2.56. The van der Waals surface area contributed by atoms with Crippen LogP contribution in [0.15, 0.2) is 24.3 Å². The molecule has 1 N–H and O–H groups in total. The van der Waals surface area contributed by atoms with Gasteiger partial charge in [0.1, 0.15) is 6.61 Å². The molecule has 0 atom stereocenters. The Hall–Kier alpha value is -1.22. The van der Waals surface area contributed by atoms with Crippen molar-refractivity contribution in [3.8, 4) is 11.5 Å². The van der Waals surface area contributed by atoms with Crippen LogP contribution < -0.4 is 14.8 Å². The van der Waals surface area contributed by atoms with Crippen molar-refractivity contribution < 1.29 is 9.47 Å². The maximum Gasteiger partial charge on any atom is 0.161 e. The third-order valence-corrected chi connectivity index (χ3v) is 2.98. The van der Waals surface area contributed by atoms with Crippen LogP contribution in [0.3, 0.4) is 0 Å². The van der Waals surface area contributed by atoms with Gasteiger partial charge in [-0.25, -0.2) is 0 Å². The van der Waals surface area contributed by atoms with E-state index in [0.29, 0.717) is 12.1 Å². The summed E-state index contributed by atoms with van der Waals surface area (Å²) in [6.45, 7) is 3.81. The topological polar surface area (TPSA) is 30.5 Å². The van der Waals surface area contributed by atoms with E-state index >= 15 is 0 Å². The van der Waals surface area contributed by atoms with Gasteiger partial charge in [0.15, 0.2) is 11.5 Å². The van der Waals surface area contributed by atoms with Crippen LogP contribution in [0.1, 0.15) is 19.8 Å². The molecule has 1 aliphatic rings. The van der Waals surface area contributed by atoms with Gasteiger partial charge in [-0.15, -0.1) is 0 Å². The number of ether oxygens (including phenoxy) is 2. The minimum atomic E-state index is 0.379. The lowest BCUT2D eigenvalue weighted by molar-refractivity contribution is 0.285. The van der Waals surface area contributed by atoms with Gasteiger partial charge in [0.25, 0.3) is 0 Å². The Kier molecular flexibility index (Phi) is 3.34. The van der Waals surface area contributed by atoms with Crippen LogP contribution >= 0.6 is 0 Å². The highest BCUT2D eigenvalue weighted by Gasteiger charge is 2.36. The van der Waals surface area contributed by atoms with E-state index < -0.39 is 0 Å². The highest BCUT2D eigenvalue weighted by atomic mass is 16.5. The molecule has 1 aromatic carbocycles. The summed E-state index contributed by atoms with van der Waals surface area (Å²) in [5, 5.41) is 3.47. The Bertz CT molecular complexity index is 348. The van der Waals surface area contributed by atoms with Gasteiger partial charge in [-0.1, -0.05) is 12.1 Å². The molecule has 3 nitrogen and oxygen atoms in total. The summed E-state index contributed by atoms with van der Waals surface area (Å²) < 4.78 is 10.9. The first-order valence-corrected chi connectivity index (χ1v) is 5.74. The normalized spacial score (nSPS) is 16.9. The maximum absolute atomic E-state index is 5.66. The fourth-order valence-electron chi connectivity index (χ4n) is 1.62. The number of hydrogen-bond donors (Lipinski definition) is 1. The Labute approximate surface area is 96.8 Å². The molecule has 0 heterocycles. The highest BCUT2D eigenvalue weighted by Crippen LogP contribution is 2.34. The number of methoxy groups -OCH3 is 1. The van der Waals surface area contributed by atoms with Crippen LogP contribution in [0.25, 0.3) is 0 Å². The molecule has 1 saturated carbocycles. The Morgan fingerprint density at radius 1 is 1.25 bits per heavy atom. The Morgan fingerprint density at radius 2 is 1.94 bits per heavy atom. The van der Waals surface area contributed by atoms with Crippen LogP contribution in [0, 0.1) is 0 Å². The van der Waals surface area contributed by atoms with Gasteiger partial charge in [-0.05, 0) is 31.9 Å². The zero-order valence-corrected chi connectivity index (χ0v) is 9.95. The molecule has 0 radical (unpaired) electrons. The second kappa shape index (κ2) is 4.74. The van der Waals surface area contributed by atoms with E-state index in [4.69, 9.17) is 9.47 Å². The van der Waals surface area contributed by atoms with Crippen molar-refractivity contribution in [2.45, 2.75) is 25.3 Å². The molecule has 0 bridgehead atoms. The van der Waals surface area contributed by atoms with E-state index in [1.807, 2.05) is 24.3 Å². The number of benzene rings is 1. The van der Waals surface area contributed by atoms with Crippen molar-refractivity contribution in [2.75, 3.05) is 20.3 Å². The molecule has 1 aliphatic carbocycles. The fourth-order valence-corrected chi connectivity index (χ4v) is 1.62. The predicted octanol–water partition coefficient (Wildman–Crippen LogP) is 2.22. The van der Waals surface area contributed by atoms with Crippen LogP contribution in [-0.2, 0) is 0 Å².